The van der Waals surface area contributed by atoms with E-state index < -0.39 is 0 Å². The van der Waals surface area contributed by atoms with Gasteiger partial charge < -0.3 is 10.6 Å². The number of aromatic nitrogens is 2. The van der Waals surface area contributed by atoms with Crippen LogP contribution in [-0.2, 0) is 13.6 Å². The third kappa shape index (κ3) is 2.47. The summed E-state index contributed by atoms with van der Waals surface area (Å²) in [7, 11) is 3.49. The minimum atomic E-state index is -0.158. The van der Waals surface area contributed by atoms with Crippen molar-refractivity contribution in [2.75, 3.05) is 12.8 Å². The molecule has 5 nitrogen and oxygen atoms in total. The van der Waals surface area contributed by atoms with Crippen LogP contribution in [0.5, 0.6) is 0 Å². The van der Waals surface area contributed by atoms with Gasteiger partial charge in [-0.3, -0.25) is 9.48 Å². The molecule has 2 heterocycles. The molecule has 0 aromatic carbocycles. The van der Waals surface area contributed by atoms with E-state index in [2.05, 4.69) is 5.10 Å². The molecule has 90 valence electrons. The first-order valence-corrected chi connectivity index (χ1v) is 6.08. The molecule has 2 aromatic heterocycles. The number of hydrogen-bond donors (Lipinski definition) is 1. The quantitative estimate of drug-likeness (QED) is 0.894. The zero-order valence-electron chi connectivity index (χ0n) is 9.75. The van der Waals surface area contributed by atoms with Crippen LogP contribution in [0.25, 0.3) is 0 Å². The van der Waals surface area contributed by atoms with Gasteiger partial charge in [0.2, 0.25) is 0 Å². The molecule has 0 unspecified atom stereocenters. The second kappa shape index (κ2) is 4.58. The fourth-order valence-corrected chi connectivity index (χ4v) is 2.24. The summed E-state index contributed by atoms with van der Waals surface area (Å²) >= 11 is 1.61. The average Bonchev–Trinajstić information content (AvgIpc) is 2.87. The molecule has 2 aromatic rings. The van der Waals surface area contributed by atoms with E-state index in [1.807, 2.05) is 16.8 Å². The number of carbonyl (C=O) groups excluding carboxylic acids is 1. The van der Waals surface area contributed by atoms with E-state index in [-0.39, 0.29) is 5.91 Å². The number of aryl methyl sites for hydroxylation is 1. The first-order valence-electron chi connectivity index (χ1n) is 5.13. The van der Waals surface area contributed by atoms with Crippen molar-refractivity contribution in [3.63, 3.8) is 0 Å². The summed E-state index contributed by atoms with van der Waals surface area (Å²) in [5.41, 5.74) is 7.56. The molecule has 0 aliphatic rings. The van der Waals surface area contributed by atoms with E-state index >= 15 is 0 Å². The second-order valence-electron chi connectivity index (χ2n) is 3.90. The topological polar surface area (TPSA) is 64.2 Å². The Hall–Kier alpha value is -1.82. The minimum absolute atomic E-state index is 0.158. The van der Waals surface area contributed by atoms with Crippen LogP contribution in [0.3, 0.4) is 0 Å². The van der Waals surface area contributed by atoms with Gasteiger partial charge in [0.1, 0.15) is 0 Å². The number of nitrogen functional groups attached to an aromatic ring is 1. The van der Waals surface area contributed by atoms with Gasteiger partial charge in [0.25, 0.3) is 5.91 Å². The lowest BCUT2D eigenvalue weighted by Gasteiger charge is -2.15. The Bertz CT molecular complexity index is 518. The molecule has 0 atom stereocenters. The Morgan fingerprint density at radius 1 is 1.65 bits per heavy atom. The first-order chi connectivity index (χ1) is 8.08. The molecular formula is C11H14N4OS. The molecule has 0 spiro atoms. The Labute approximate surface area is 103 Å². The molecule has 1 amide bonds. The third-order valence-electron chi connectivity index (χ3n) is 2.41. The Balaban J connectivity index is 2.12. The zero-order valence-corrected chi connectivity index (χ0v) is 10.6. The van der Waals surface area contributed by atoms with E-state index in [1.165, 1.54) is 0 Å². The highest BCUT2D eigenvalue weighted by atomic mass is 32.1. The smallest absolute Gasteiger partial charge is 0.276 e. The van der Waals surface area contributed by atoms with Crippen molar-refractivity contribution >= 4 is 22.9 Å². The number of amides is 1. The maximum absolute atomic E-state index is 12.1. The second-order valence-corrected chi connectivity index (χ2v) is 4.68. The van der Waals surface area contributed by atoms with Gasteiger partial charge in [-0.05, 0) is 22.4 Å². The van der Waals surface area contributed by atoms with Gasteiger partial charge in [0.05, 0.1) is 5.69 Å². The SMILES string of the molecule is CN(Cc1ccsc1)C(=O)c1nn(C)cc1N. The fraction of sp³-hybridized carbons (Fsp3) is 0.273. The number of nitrogens with zero attached hydrogens (tertiary/aromatic N) is 3. The van der Waals surface area contributed by atoms with E-state index in [4.69, 9.17) is 5.73 Å². The molecule has 0 fully saturated rings. The molecule has 0 saturated carbocycles. The molecule has 0 saturated heterocycles. The number of carbonyl (C=O) groups is 1. The number of hydrogen-bond acceptors (Lipinski definition) is 4. The van der Waals surface area contributed by atoms with Gasteiger partial charge in [-0.15, -0.1) is 0 Å². The van der Waals surface area contributed by atoms with E-state index in [1.54, 1.807) is 41.2 Å². The maximum atomic E-state index is 12.1. The van der Waals surface area contributed by atoms with Crippen molar-refractivity contribution in [1.29, 1.82) is 0 Å². The summed E-state index contributed by atoms with van der Waals surface area (Å²) < 4.78 is 1.54. The first kappa shape index (κ1) is 11.7. The third-order valence-corrected chi connectivity index (χ3v) is 3.14. The Morgan fingerprint density at radius 3 is 2.94 bits per heavy atom. The zero-order chi connectivity index (χ0) is 12.4. The van der Waals surface area contributed by atoms with Gasteiger partial charge >= 0.3 is 0 Å². The minimum Gasteiger partial charge on any atom is -0.396 e. The van der Waals surface area contributed by atoms with E-state index in [9.17, 15) is 4.79 Å². The summed E-state index contributed by atoms with van der Waals surface area (Å²) in [5, 5.41) is 8.07. The fourth-order valence-electron chi connectivity index (χ4n) is 1.58. The van der Waals surface area contributed by atoms with Crippen LogP contribution in [0, 0.1) is 0 Å². The van der Waals surface area contributed by atoms with Crippen LogP contribution in [0.4, 0.5) is 5.69 Å². The maximum Gasteiger partial charge on any atom is 0.276 e. The Kier molecular flexibility index (Phi) is 3.14. The van der Waals surface area contributed by atoms with Crippen molar-refractivity contribution in [1.82, 2.24) is 14.7 Å². The highest BCUT2D eigenvalue weighted by Crippen LogP contribution is 2.14. The largest absolute Gasteiger partial charge is 0.396 e. The summed E-state index contributed by atoms with van der Waals surface area (Å²) in [5.74, 6) is -0.158. The van der Waals surface area contributed by atoms with Gasteiger partial charge in [-0.2, -0.15) is 16.4 Å². The van der Waals surface area contributed by atoms with Gasteiger partial charge in [0.15, 0.2) is 5.69 Å². The van der Waals surface area contributed by atoms with Crippen LogP contribution in [0.1, 0.15) is 16.1 Å². The monoisotopic (exact) mass is 250 g/mol. The van der Waals surface area contributed by atoms with Crippen molar-refractivity contribution in [3.8, 4) is 0 Å². The lowest BCUT2D eigenvalue weighted by molar-refractivity contribution is 0.0779. The van der Waals surface area contributed by atoms with E-state index in [0.717, 1.165) is 5.56 Å². The normalized spacial score (nSPS) is 10.5. The lowest BCUT2D eigenvalue weighted by Crippen LogP contribution is -2.27. The van der Waals surface area contributed by atoms with Crippen LogP contribution in [-0.4, -0.2) is 27.6 Å². The van der Waals surface area contributed by atoms with Gasteiger partial charge in [-0.1, -0.05) is 0 Å². The number of nitrogens with two attached hydrogens (primary N) is 1. The molecule has 17 heavy (non-hydrogen) atoms. The molecule has 2 rings (SSSR count). The number of rotatable bonds is 3. The van der Waals surface area contributed by atoms with E-state index in [0.29, 0.717) is 17.9 Å². The molecule has 0 bridgehead atoms. The number of thiophene rings is 1. The molecule has 6 heteroatoms. The van der Waals surface area contributed by atoms with Gasteiger partial charge in [-0.25, -0.2) is 0 Å². The van der Waals surface area contributed by atoms with Crippen LogP contribution in [0.15, 0.2) is 23.0 Å². The highest BCUT2D eigenvalue weighted by molar-refractivity contribution is 7.07. The van der Waals surface area contributed by atoms with Crippen molar-refractivity contribution in [3.05, 3.63) is 34.3 Å². The predicted octanol–water partition coefficient (Wildman–Crippen LogP) is 1.34. The van der Waals surface area contributed by atoms with Crippen LogP contribution >= 0.6 is 11.3 Å². The molecule has 0 radical (unpaired) electrons. The average molecular weight is 250 g/mol. The highest BCUT2D eigenvalue weighted by Gasteiger charge is 2.18. The molecule has 2 N–H and O–H groups in total. The molecular weight excluding hydrogens is 236 g/mol. The summed E-state index contributed by atoms with van der Waals surface area (Å²) in [6.45, 7) is 0.568. The standard InChI is InChI=1S/C11H14N4OS/c1-14(5-8-3-4-17-7-8)11(16)10-9(12)6-15(2)13-10/h3-4,6-7H,5,12H2,1-2H3. The Morgan fingerprint density at radius 2 is 2.41 bits per heavy atom. The summed E-state index contributed by atoms with van der Waals surface area (Å²) in [4.78, 5) is 13.7. The van der Waals surface area contributed by atoms with Crippen LogP contribution in [0.2, 0.25) is 0 Å². The van der Waals surface area contributed by atoms with Crippen molar-refractivity contribution in [2.45, 2.75) is 6.54 Å². The summed E-state index contributed by atoms with van der Waals surface area (Å²) in [6.07, 6.45) is 1.63. The van der Waals surface area contributed by atoms with Crippen LogP contribution < -0.4 is 5.73 Å². The van der Waals surface area contributed by atoms with Gasteiger partial charge in [0, 0.05) is 26.8 Å². The molecule has 0 aliphatic carbocycles. The predicted molar refractivity (Wildman–Crippen MR) is 67.7 cm³/mol. The van der Waals surface area contributed by atoms with Crippen molar-refractivity contribution < 1.29 is 4.79 Å². The summed E-state index contributed by atoms with van der Waals surface area (Å²) in [6, 6.07) is 2.00. The van der Waals surface area contributed by atoms with Crippen molar-refractivity contribution in [2.24, 2.45) is 7.05 Å². The molecule has 0 aliphatic heterocycles. The number of anilines is 1. The lowest BCUT2D eigenvalue weighted by atomic mass is 10.3.